The van der Waals surface area contributed by atoms with E-state index >= 15 is 0 Å². The second-order valence-corrected chi connectivity index (χ2v) is 7.33. The van der Waals surface area contributed by atoms with Crippen LogP contribution >= 0.6 is 0 Å². The van der Waals surface area contributed by atoms with E-state index in [4.69, 9.17) is 0 Å². The molecule has 0 aromatic carbocycles. The first-order valence-corrected chi connectivity index (χ1v) is 7.77. The highest BCUT2D eigenvalue weighted by molar-refractivity contribution is 5.23. The van der Waals surface area contributed by atoms with Crippen molar-refractivity contribution in [2.24, 2.45) is 35.5 Å². The molecule has 5 unspecified atom stereocenters. The van der Waals surface area contributed by atoms with Crippen LogP contribution in [0.4, 0.5) is 0 Å². The Labute approximate surface area is 114 Å². The van der Waals surface area contributed by atoms with E-state index in [0.717, 1.165) is 35.5 Å². The Hall–Kier alpha value is -0.520. The molecular weight excluding hydrogens is 216 g/mol. The number of allylic oxidation sites excluding steroid dienone is 2. The Kier molecular flexibility index (Phi) is 4.04. The molecule has 0 heteroatoms. The Balaban J connectivity index is 2.27. The molecular formula is C18H30. The molecule has 2 rings (SSSR count). The van der Waals surface area contributed by atoms with Gasteiger partial charge in [0, 0.05) is 0 Å². The largest absolute Gasteiger partial charge is 0.0995 e. The minimum absolute atomic E-state index is 0.721. The fourth-order valence-corrected chi connectivity index (χ4v) is 4.53. The van der Waals surface area contributed by atoms with Crippen LogP contribution < -0.4 is 0 Å². The summed E-state index contributed by atoms with van der Waals surface area (Å²) in [4.78, 5) is 0. The molecule has 0 aromatic heterocycles. The van der Waals surface area contributed by atoms with Gasteiger partial charge in [0.2, 0.25) is 0 Å². The lowest BCUT2D eigenvalue weighted by Crippen LogP contribution is -2.42. The molecule has 0 aliphatic heterocycles. The highest BCUT2D eigenvalue weighted by Crippen LogP contribution is 2.53. The van der Waals surface area contributed by atoms with Gasteiger partial charge in [-0.3, -0.25) is 0 Å². The van der Waals surface area contributed by atoms with Gasteiger partial charge < -0.3 is 0 Å². The average Bonchev–Trinajstić information content (AvgIpc) is 2.28. The van der Waals surface area contributed by atoms with Crippen molar-refractivity contribution in [3.05, 3.63) is 24.3 Å². The molecule has 2 aliphatic carbocycles. The number of hydrogen-bond acceptors (Lipinski definition) is 0. The van der Waals surface area contributed by atoms with Gasteiger partial charge in [-0.25, -0.2) is 0 Å². The van der Waals surface area contributed by atoms with Crippen molar-refractivity contribution in [2.45, 2.75) is 53.4 Å². The molecule has 0 bridgehead atoms. The van der Waals surface area contributed by atoms with Crippen molar-refractivity contribution in [3.8, 4) is 0 Å². The predicted molar refractivity (Wildman–Crippen MR) is 80.4 cm³/mol. The molecule has 0 amide bonds. The van der Waals surface area contributed by atoms with E-state index in [1.807, 2.05) is 0 Å². The van der Waals surface area contributed by atoms with Crippen molar-refractivity contribution in [1.29, 1.82) is 0 Å². The van der Waals surface area contributed by atoms with E-state index in [-0.39, 0.29) is 0 Å². The summed E-state index contributed by atoms with van der Waals surface area (Å²) in [6.07, 6.45) is 5.14. The smallest absolute Gasteiger partial charge is 0.0109 e. The van der Waals surface area contributed by atoms with Gasteiger partial charge in [-0.1, -0.05) is 52.0 Å². The van der Waals surface area contributed by atoms with E-state index < -0.39 is 0 Å². The standard InChI is InChI=1S/C18H30/c1-11(2)9-16-10-14(5)15(6)17-12(3)7-8-13(4)18(16)17/h11,14-18H,3-4,7-10H2,1-2,5-6H3. The Morgan fingerprint density at radius 1 is 1.06 bits per heavy atom. The van der Waals surface area contributed by atoms with Crippen LogP contribution in [0.15, 0.2) is 24.3 Å². The number of fused-ring (bicyclic) bond motifs is 1. The molecule has 18 heavy (non-hydrogen) atoms. The third-order valence-electron chi connectivity index (χ3n) is 5.52. The summed E-state index contributed by atoms with van der Waals surface area (Å²) in [6, 6.07) is 0. The minimum atomic E-state index is 0.721. The lowest BCUT2D eigenvalue weighted by atomic mass is 9.55. The molecule has 0 aromatic rings. The van der Waals surface area contributed by atoms with Crippen molar-refractivity contribution < 1.29 is 0 Å². The quantitative estimate of drug-likeness (QED) is 0.567. The first kappa shape index (κ1) is 13.9. The molecule has 102 valence electrons. The van der Waals surface area contributed by atoms with Crippen LogP contribution in [0.3, 0.4) is 0 Å². The van der Waals surface area contributed by atoms with E-state index in [2.05, 4.69) is 40.9 Å². The van der Waals surface area contributed by atoms with Crippen LogP contribution in [-0.2, 0) is 0 Å². The molecule has 2 saturated carbocycles. The first-order valence-electron chi connectivity index (χ1n) is 7.77. The van der Waals surface area contributed by atoms with E-state index in [9.17, 15) is 0 Å². The van der Waals surface area contributed by atoms with Crippen LogP contribution in [0.5, 0.6) is 0 Å². The Morgan fingerprint density at radius 2 is 1.61 bits per heavy atom. The van der Waals surface area contributed by atoms with Crippen LogP contribution in [0, 0.1) is 35.5 Å². The maximum absolute atomic E-state index is 4.41. The summed E-state index contributed by atoms with van der Waals surface area (Å²) in [5.41, 5.74) is 3.04. The summed E-state index contributed by atoms with van der Waals surface area (Å²) in [5, 5.41) is 0. The number of hydrogen-bond donors (Lipinski definition) is 0. The van der Waals surface area contributed by atoms with Gasteiger partial charge in [0.15, 0.2) is 0 Å². The van der Waals surface area contributed by atoms with Crippen molar-refractivity contribution >= 4 is 0 Å². The maximum Gasteiger partial charge on any atom is -0.0109 e. The van der Waals surface area contributed by atoms with Gasteiger partial charge in [-0.15, -0.1) is 0 Å². The number of rotatable bonds is 2. The topological polar surface area (TPSA) is 0 Å². The lowest BCUT2D eigenvalue weighted by Gasteiger charge is -2.50. The monoisotopic (exact) mass is 246 g/mol. The van der Waals surface area contributed by atoms with Gasteiger partial charge in [-0.05, 0) is 61.2 Å². The van der Waals surface area contributed by atoms with Gasteiger partial charge in [0.1, 0.15) is 0 Å². The molecule has 0 nitrogen and oxygen atoms in total. The van der Waals surface area contributed by atoms with Crippen molar-refractivity contribution in [2.75, 3.05) is 0 Å². The maximum atomic E-state index is 4.41. The summed E-state index contributed by atoms with van der Waals surface area (Å²) < 4.78 is 0. The van der Waals surface area contributed by atoms with Crippen LogP contribution in [0.25, 0.3) is 0 Å². The molecule has 2 aliphatic rings. The van der Waals surface area contributed by atoms with E-state index in [1.54, 1.807) is 0 Å². The second-order valence-electron chi connectivity index (χ2n) is 7.33. The van der Waals surface area contributed by atoms with Crippen molar-refractivity contribution in [1.82, 2.24) is 0 Å². The molecule has 0 spiro atoms. The SMILES string of the molecule is C=C1CCC(=C)C2C(C)C(C)CC(CC(C)C)C12. The zero-order chi connectivity index (χ0) is 13.4. The third kappa shape index (κ3) is 2.44. The van der Waals surface area contributed by atoms with Crippen LogP contribution in [0.2, 0.25) is 0 Å². The van der Waals surface area contributed by atoms with Gasteiger partial charge in [-0.2, -0.15) is 0 Å². The van der Waals surface area contributed by atoms with Crippen molar-refractivity contribution in [3.63, 3.8) is 0 Å². The lowest BCUT2D eigenvalue weighted by molar-refractivity contribution is 0.0725. The second kappa shape index (κ2) is 5.23. The molecule has 0 radical (unpaired) electrons. The summed E-state index contributed by atoms with van der Waals surface area (Å²) >= 11 is 0. The molecule has 0 heterocycles. The normalized spacial score (nSPS) is 41.1. The van der Waals surface area contributed by atoms with E-state index in [1.165, 1.54) is 36.8 Å². The van der Waals surface area contributed by atoms with Gasteiger partial charge in [0.05, 0.1) is 0 Å². The Morgan fingerprint density at radius 3 is 2.17 bits per heavy atom. The predicted octanol–water partition coefficient (Wildman–Crippen LogP) is 5.46. The molecule has 2 fully saturated rings. The van der Waals surface area contributed by atoms with Crippen LogP contribution in [0.1, 0.15) is 53.4 Å². The zero-order valence-corrected chi connectivity index (χ0v) is 12.7. The van der Waals surface area contributed by atoms with Gasteiger partial charge >= 0.3 is 0 Å². The fourth-order valence-electron chi connectivity index (χ4n) is 4.53. The Bertz CT molecular complexity index is 336. The summed E-state index contributed by atoms with van der Waals surface area (Å²) in [7, 11) is 0. The molecule has 5 atom stereocenters. The highest BCUT2D eigenvalue weighted by Gasteiger charge is 2.44. The molecule has 0 saturated heterocycles. The first-order chi connectivity index (χ1) is 8.41. The van der Waals surface area contributed by atoms with Gasteiger partial charge in [0.25, 0.3) is 0 Å². The molecule has 0 N–H and O–H groups in total. The summed E-state index contributed by atoms with van der Waals surface area (Å²) in [5.74, 6) is 4.75. The fraction of sp³-hybridized carbons (Fsp3) is 0.778. The zero-order valence-electron chi connectivity index (χ0n) is 12.7. The van der Waals surface area contributed by atoms with E-state index in [0.29, 0.717) is 0 Å². The van der Waals surface area contributed by atoms with Crippen LogP contribution in [-0.4, -0.2) is 0 Å². The minimum Gasteiger partial charge on any atom is -0.0995 e. The summed E-state index contributed by atoms with van der Waals surface area (Å²) in [6.45, 7) is 18.4. The average molecular weight is 246 g/mol. The highest BCUT2D eigenvalue weighted by atomic mass is 14.5. The third-order valence-corrected chi connectivity index (χ3v) is 5.52.